The first kappa shape index (κ1) is 20.3. The number of nitrogen functional groups attached to an aromatic ring is 1. The van der Waals surface area contributed by atoms with Gasteiger partial charge in [-0.15, -0.1) is 5.10 Å². The summed E-state index contributed by atoms with van der Waals surface area (Å²) < 4.78 is 6.75. The molecule has 13 nitrogen and oxygen atoms in total. The molecule has 6 heterocycles. The van der Waals surface area contributed by atoms with Crippen molar-refractivity contribution in [1.82, 2.24) is 39.4 Å². The highest BCUT2D eigenvalue weighted by Crippen LogP contribution is 2.26. The standard InChI is InChI=1S/C21H23N11O2/c22-18-26-20(27-21-25-16(28-32(18)21)15-5-2-13-34-15)31-8-1-4-14(31)17(33)29-9-11-30(12-10-29)19-23-6-3-7-24-19/h2-3,5-7,13-14H,1,4,8-12H2,(H2,22,25,26,27,28)/t14-/m0/s1. The summed E-state index contributed by atoms with van der Waals surface area (Å²) in [6.45, 7) is 3.27. The lowest BCUT2D eigenvalue weighted by atomic mass is 10.1. The Kier molecular flexibility index (Phi) is 4.93. The largest absolute Gasteiger partial charge is 0.461 e. The van der Waals surface area contributed by atoms with Crippen LogP contribution in [0.5, 0.6) is 0 Å². The molecule has 174 valence electrons. The van der Waals surface area contributed by atoms with Crippen LogP contribution in [0.3, 0.4) is 0 Å². The number of piperazine rings is 1. The highest BCUT2D eigenvalue weighted by Gasteiger charge is 2.37. The molecule has 0 unspecified atom stereocenters. The molecule has 1 amide bonds. The Bertz CT molecular complexity index is 1300. The van der Waals surface area contributed by atoms with Crippen LogP contribution in [-0.2, 0) is 4.79 Å². The highest BCUT2D eigenvalue weighted by molar-refractivity contribution is 5.85. The van der Waals surface area contributed by atoms with Crippen LogP contribution in [-0.4, -0.2) is 84.1 Å². The van der Waals surface area contributed by atoms with Crippen LogP contribution >= 0.6 is 0 Å². The van der Waals surface area contributed by atoms with Crippen molar-refractivity contribution in [3.05, 3.63) is 36.9 Å². The van der Waals surface area contributed by atoms with E-state index in [2.05, 4.69) is 34.9 Å². The van der Waals surface area contributed by atoms with Gasteiger partial charge in [0.1, 0.15) is 6.04 Å². The van der Waals surface area contributed by atoms with Crippen molar-refractivity contribution in [2.45, 2.75) is 18.9 Å². The molecule has 2 fully saturated rings. The zero-order valence-electron chi connectivity index (χ0n) is 18.4. The van der Waals surface area contributed by atoms with Gasteiger partial charge >= 0.3 is 0 Å². The van der Waals surface area contributed by atoms with Crippen molar-refractivity contribution in [1.29, 1.82) is 0 Å². The van der Waals surface area contributed by atoms with Gasteiger partial charge in [-0.1, -0.05) is 0 Å². The molecule has 1 atom stereocenters. The van der Waals surface area contributed by atoms with Crippen LogP contribution < -0.4 is 15.5 Å². The van der Waals surface area contributed by atoms with Crippen LogP contribution in [0.15, 0.2) is 41.3 Å². The van der Waals surface area contributed by atoms with Crippen LogP contribution in [0, 0.1) is 0 Å². The quantitative estimate of drug-likeness (QED) is 0.452. The zero-order valence-corrected chi connectivity index (χ0v) is 18.4. The van der Waals surface area contributed by atoms with E-state index in [0.29, 0.717) is 62.0 Å². The Morgan fingerprint density at radius 3 is 2.59 bits per heavy atom. The number of nitrogens with two attached hydrogens (primary N) is 1. The second-order valence-corrected chi connectivity index (χ2v) is 8.22. The van der Waals surface area contributed by atoms with Crippen LogP contribution in [0.2, 0.25) is 0 Å². The average Bonchev–Trinajstić information content (AvgIpc) is 3.64. The summed E-state index contributed by atoms with van der Waals surface area (Å²) in [7, 11) is 0. The molecule has 2 aliphatic rings. The van der Waals surface area contributed by atoms with Crippen LogP contribution in [0.4, 0.5) is 17.8 Å². The molecule has 0 saturated carbocycles. The molecule has 2 aliphatic heterocycles. The topological polar surface area (TPSA) is 148 Å². The van der Waals surface area contributed by atoms with Gasteiger partial charge in [0.25, 0.3) is 5.78 Å². The number of aromatic nitrogens is 7. The first-order chi connectivity index (χ1) is 16.7. The maximum absolute atomic E-state index is 13.4. The fraction of sp³-hybridized carbons (Fsp3) is 0.381. The lowest BCUT2D eigenvalue weighted by molar-refractivity contribution is -0.132. The average molecular weight is 461 g/mol. The number of nitrogens with zero attached hydrogens (tertiary/aromatic N) is 10. The van der Waals surface area contributed by atoms with Crippen molar-refractivity contribution in [2.24, 2.45) is 0 Å². The highest BCUT2D eigenvalue weighted by atomic mass is 16.3. The third kappa shape index (κ3) is 3.54. The molecule has 13 heteroatoms. The first-order valence-corrected chi connectivity index (χ1v) is 11.2. The Balaban J connectivity index is 1.20. The lowest BCUT2D eigenvalue weighted by Crippen LogP contribution is -2.54. The number of furan rings is 1. The van der Waals surface area contributed by atoms with E-state index in [4.69, 9.17) is 10.2 Å². The molecule has 0 bridgehead atoms. The van der Waals surface area contributed by atoms with Gasteiger partial charge in [-0.25, -0.2) is 9.97 Å². The van der Waals surface area contributed by atoms with Crippen molar-refractivity contribution in [2.75, 3.05) is 48.3 Å². The summed E-state index contributed by atoms with van der Waals surface area (Å²) in [6, 6.07) is 4.97. The fourth-order valence-electron chi connectivity index (χ4n) is 4.49. The number of rotatable bonds is 4. The number of amides is 1. The minimum atomic E-state index is -0.339. The van der Waals surface area contributed by atoms with E-state index in [1.54, 1.807) is 36.9 Å². The maximum Gasteiger partial charge on any atom is 0.259 e. The molecule has 4 aromatic heterocycles. The first-order valence-electron chi connectivity index (χ1n) is 11.2. The van der Waals surface area contributed by atoms with E-state index in [-0.39, 0.29) is 17.9 Å². The van der Waals surface area contributed by atoms with Crippen molar-refractivity contribution in [3.63, 3.8) is 0 Å². The lowest BCUT2D eigenvalue weighted by Gasteiger charge is -2.37. The normalized spacial score (nSPS) is 18.7. The van der Waals surface area contributed by atoms with Gasteiger partial charge in [0.05, 0.1) is 6.26 Å². The zero-order chi connectivity index (χ0) is 23.1. The van der Waals surface area contributed by atoms with E-state index in [0.717, 1.165) is 12.8 Å². The van der Waals surface area contributed by atoms with E-state index in [1.165, 1.54) is 4.52 Å². The molecular weight excluding hydrogens is 438 g/mol. The molecule has 4 aromatic rings. The third-order valence-electron chi connectivity index (χ3n) is 6.18. The summed E-state index contributed by atoms with van der Waals surface area (Å²) in [5.74, 6) is 2.50. The smallest absolute Gasteiger partial charge is 0.259 e. The van der Waals surface area contributed by atoms with Gasteiger partial charge in [-0.2, -0.15) is 19.5 Å². The molecule has 34 heavy (non-hydrogen) atoms. The van der Waals surface area contributed by atoms with Crippen molar-refractivity contribution in [3.8, 4) is 11.6 Å². The van der Waals surface area contributed by atoms with E-state index >= 15 is 0 Å². The molecule has 2 saturated heterocycles. The number of anilines is 3. The Morgan fingerprint density at radius 2 is 1.82 bits per heavy atom. The maximum atomic E-state index is 13.4. The molecule has 6 rings (SSSR count). The van der Waals surface area contributed by atoms with Gasteiger partial charge in [0.15, 0.2) is 5.76 Å². The summed E-state index contributed by atoms with van der Waals surface area (Å²) in [6.07, 6.45) is 6.61. The minimum Gasteiger partial charge on any atom is -0.461 e. The minimum absolute atomic E-state index is 0.0749. The number of carbonyl (C=O) groups is 1. The van der Waals surface area contributed by atoms with Crippen LogP contribution in [0.1, 0.15) is 12.8 Å². The van der Waals surface area contributed by atoms with E-state index in [9.17, 15) is 4.79 Å². The second kappa shape index (κ2) is 8.24. The van der Waals surface area contributed by atoms with Gasteiger partial charge < -0.3 is 24.9 Å². The molecule has 0 aliphatic carbocycles. The summed E-state index contributed by atoms with van der Waals surface area (Å²) in [4.78, 5) is 41.4. The predicted molar refractivity (Wildman–Crippen MR) is 122 cm³/mol. The molecular formula is C21H23N11O2. The van der Waals surface area contributed by atoms with Gasteiger partial charge in [-0.3, -0.25) is 4.79 Å². The van der Waals surface area contributed by atoms with Gasteiger partial charge in [0, 0.05) is 45.1 Å². The Morgan fingerprint density at radius 1 is 1.00 bits per heavy atom. The number of carbonyl (C=O) groups excluding carboxylic acids is 1. The van der Waals surface area contributed by atoms with E-state index < -0.39 is 0 Å². The second-order valence-electron chi connectivity index (χ2n) is 8.22. The molecule has 0 radical (unpaired) electrons. The molecule has 0 aromatic carbocycles. The van der Waals surface area contributed by atoms with Gasteiger partial charge in [-0.05, 0) is 31.0 Å². The van der Waals surface area contributed by atoms with Crippen molar-refractivity contribution >= 4 is 29.5 Å². The van der Waals surface area contributed by atoms with Crippen molar-refractivity contribution < 1.29 is 9.21 Å². The summed E-state index contributed by atoms with van der Waals surface area (Å²) >= 11 is 0. The van der Waals surface area contributed by atoms with E-state index in [1.807, 2.05) is 9.80 Å². The number of hydrogen-bond donors (Lipinski definition) is 1. The SMILES string of the molecule is Nc1nc(N2CCC[C@H]2C(=O)N2CCN(c3ncccn3)CC2)nc2nc(-c3ccco3)nn12. The predicted octanol–water partition coefficient (Wildman–Crippen LogP) is 0.469. The van der Waals surface area contributed by atoms with Gasteiger partial charge in [0.2, 0.25) is 29.6 Å². The fourth-order valence-corrected chi connectivity index (χ4v) is 4.49. The molecule has 0 spiro atoms. The summed E-state index contributed by atoms with van der Waals surface area (Å²) in [5, 5.41) is 4.34. The van der Waals surface area contributed by atoms with Crippen LogP contribution in [0.25, 0.3) is 17.4 Å². The summed E-state index contributed by atoms with van der Waals surface area (Å²) in [5.41, 5.74) is 6.17. The Hall–Kier alpha value is -4.29. The number of fused-ring (bicyclic) bond motifs is 1. The Labute approximate surface area is 194 Å². The molecule has 2 N–H and O–H groups in total. The monoisotopic (exact) mass is 461 g/mol. The third-order valence-corrected chi connectivity index (χ3v) is 6.18. The number of hydrogen-bond acceptors (Lipinski definition) is 11.